The summed E-state index contributed by atoms with van der Waals surface area (Å²) in [5, 5.41) is 8.92. The maximum Gasteiger partial charge on any atom is 0.573 e. The topological polar surface area (TPSA) is 36.3 Å². The second kappa shape index (κ2) is 6.14. The van der Waals surface area contributed by atoms with Crippen LogP contribution in [0.2, 0.25) is 0 Å². The number of nitriles is 1. The van der Waals surface area contributed by atoms with Crippen molar-refractivity contribution in [3.05, 3.63) is 29.8 Å². The molecule has 1 aromatic carbocycles. The molecule has 0 amide bonds. The average Bonchev–Trinajstić information content (AvgIpc) is 2.40. The van der Waals surface area contributed by atoms with Gasteiger partial charge in [0.1, 0.15) is 5.75 Å². The number of halogens is 3. The Hall–Kier alpha value is -1.74. The van der Waals surface area contributed by atoms with Gasteiger partial charge in [-0.15, -0.1) is 13.2 Å². The van der Waals surface area contributed by atoms with E-state index >= 15 is 0 Å². The first kappa shape index (κ1) is 14.7. The van der Waals surface area contributed by atoms with Crippen LogP contribution in [-0.2, 0) is 6.54 Å². The van der Waals surface area contributed by atoms with Crippen LogP contribution in [0.4, 0.5) is 13.2 Å². The molecule has 0 aromatic heterocycles. The van der Waals surface area contributed by atoms with Crippen LogP contribution in [0.3, 0.4) is 0 Å². The number of benzene rings is 1. The van der Waals surface area contributed by atoms with Gasteiger partial charge >= 0.3 is 6.36 Å². The lowest BCUT2D eigenvalue weighted by Crippen LogP contribution is -2.34. The van der Waals surface area contributed by atoms with E-state index in [2.05, 4.69) is 15.7 Å². The molecular weight excluding hydrogens is 269 g/mol. The molecular formula is C14H15F3N2O. The van der Waals surface area contributed by atoms with Crippen LogP contribution in [0.1, 0.15) is 18.4 Å². The van der Waals surface area contributed by atoms with E-state index < -0.39 is 6.36 Å². The first-order valence-electron chi connectivity index (χ1n) is 6.43. The fourth-order valence-electron chi connectivity index (χ4n) is 2.36. The minimum atomic E-state index is -4.66. The van der Waals surface area contributed by atoms with Crippen molar-refractivity contribution in [2.75, 3.05) is 13.1 Å². The number of nitrogens with zero attached hydrogens (tertiary/aromatic N) is 2. The van der Waals surface area contributed by atoms with Crippen molar-refractivity contribution < 1.29 is 17.9 Å². The predicted octanol–water partition coefficient (Wildman–Crippen LogP) is 3.32. The largest absolute Gasteiger partial charge is 0.573 e. The summed E-state index contributed by atoms with van der Waals surface area (Å²) in [5.74, 6) is -0.161. The summed E-state index contributed by atoms with van der Waals surface area (Å²) in [6, 6.07) is 8.14. The number of hydrogen-bond acceptors (Lipinski definition) is 3. The zero-order chi connectivity index (χ0) is 14.6. The Kier molecular flexibility index (Phi) is 4.50. The second-order valence-electron chi connectivity index (χ2n) is 4.90. The minimum Gasteiger partial charge on any atom is -0.406 e. The summed E-state index contributed by atoms with van der Waals surface area (Å²) in [6.45, 7) is 2.28. The monoisotopic (exact) mass is 284 g/mol. The molecule has 20 heavy (non-hydrogen) atoms. The molecule has 2 rings (SSSR count). The van der Waals surface area contributed by atoms with Crippen molar-refractivity contribution in [3.63, 3.8) is 0 Å². The quantitative estimate of drug-likeness (QED) is 0.854. The molecule has 1 aromatic rings. The van der Waals surface area contributed by atoms with Crippen LogP contribution in [0.5, 0.6) is 5.75 Å². The van der Waals surface area contributed by atoms with E-state index in [-0.39, 0.29) is 11.7 Å². The van der Waals surface area contributed by atoms with Crippen molar-refractivity contribution in [1.82, 2.24) is 4.90 Å². The summed E-state index contributed by atoms with van der Waals surface area (Å²) in [7, 11) is 0. The van der Waals surface area contributed by atoms with E-state index in [1.54, 1.807) is 12.1 Å². The smallest absolute Gasteiger partial charge is 0.406 e. The third-order valence-corrected chi connectivity index (χ3v) is 3.25. The van der Waals surface area contributed by atoms with Crippen molar-refractivity contribution in [2.45, 2.75) is 25.7 Å². The Morgan fingerprint density at radius 1 is 1.30 bits per heavy atom. The van der Waals surface area contributed by atoms with E-state index in [1.165, 1.54) is 12.1 Å². The molecule has 6 heteroatoms. The Labute approximate surface area is 115 Å². The molecule has 0 spiro atoms. The summed E-state index contributed by atoms with van der Waals surface area (Å²) in [5.41, 5.74) is 0.915. The first-order valence-corrected chi connectivity index (χ1v) is 6.43. The van der Waals surface area contributed by atoms with Crippen LogP contribution in [0, 0.1) is 17.2 Å². The zero-order valence-electron chi connectivity index (χ0n) is 10.9. The SMILES string of the molecule is N#C[C@H]1CCCN(Cc2ccc(OC(F)(F)F)cc2)C1. The molecule has 1 atom stereocenters. The molecule has 1 heterocycles. The molecule has 1 fully saturated rings. The summed E-state index contributed by atoms with van der Waals surface area (Å²) < 4.78 is 39.9. The molecule has 0 aliphatic carbocycles. The van der Waals surface area contributed by atoms with Crippen LogP contribution < -0.4 is 4.74 Å². The average molecular weight is 284 g/mol. The summed E-state index contributed by atoms with van der Waals surface area (Å²) in [6.07, 6.45) is -2.76. The lowest BCUT2D eigenvalue weighted by atomic mass is 9.99. The van der Waals surface area contributed by atoms with Gasteiger partial charge < -0.3 is 4.74 Å². The van der Waals surface area contributed by atoms with Crippen molar-refractivity contribution in [2.24, 2.45) is 5.92 Å². The molecule has 0 unspecified atom stereocenters. The second-order valence-corrected chi connectivity index (χ2v) is 4.90. The zero-order valence-corrected chi connectivity index (χ0v) is 10.9. The number of likely N-dealkylation sites (tertiary alicyclic amines) is 1. The van der Waals surface area contributed by atoms with E-state index in [1.807, 2.05) is 0 Å². The Morgan fingerprint density at radius 3 is 2.60 bits per heavy atom. The highest BCUT2D eigenvalue weighted by atomic mass is 19.4. The third kappa shape index (κ3) is 4.42. The van der Waals surface area contributed by atoms with Gasteiger partial charge in [-0.1, -0.05) is 12.1 Å². The van der Waals surface area contributed by atoms with Crippen molar-refractivity contribution in [3.8, 4) is 11.8 Å². The molecule has 0 radical (unpaired) electrons. The number of alkyl halides is 3. The minimum absolute atomic E-state index is 0.0524. The van der Waals surface area contributed by atoms with Crippen molar-refractivity contribution in [1.29, 1.82) is 5.26 Å². The van der Waals surface area contributed by atoms with Gasteiger partial charge in [0.2, 0.25) is 0 Å². The molecule has 1 aliphatic heterocycles. The van der Waals surface area contributed by atoms with Crippen LogP contribution in [0.15, 0.2) is 24.3 Å². The third-order valence-electron chi connectivity index (χ3n) is 3.25. The highest BCUT2D eigenvalue weighted by Crippen LogP contribution is 2.24. The number of rotatable bonds is 3. The maximum atomic E-state index is 12.0. The van der Waals surface area contributed by atoms with Crippen LogP contribution >= 0.6 is 0 Å². The van der Waals surface area contributed by atoms with E-state index in [9.17, 15) is 13.2 Å². The van der Waals surface area contributed by atoms with Crippen molar-refractivity contribution >= 4 is 0 Å². The normalized spacial score (nSPS) is 20.4. The molecule has 108 valence electrons. The lowest BCUT2D eigenvalue weighted by molar-refractivity contribution is -0.274. The van der Waals surface area contributed by atoms with Crippen LogP contribution in [0.25, 0.3) is 0 Å². The van der Waals surface area contributed by atoms with Gasteiger partial charge in [0.05, 0.1) is 12.0 Å². The fraction of sp³-hybridized carbons (Fsp3) is 0.500. The Bertz CT molecular complexity index is 479. The standard InChI is InChI=1S/C14H15F3N2O/c15-14(16,17)20-13-5-3-11(4-6-13)9-19-7-1-2-12(8-18)10-19/h3-6,12H,1-2,7,9-10H2/t12-/m1/s1. The molecule has 3 nitrogen and oxygen atoms in total. The Balaban J connectivity index is 1.92. The van der Waals surface area contributed by atoms with Gasteiger partial charge in [0.25, 0.3) is 0 Å². The van der Waals surface area contributed by atoms with Gasteiger partial charge in [0.15, 0.2) is 0 Å². The highest BCUT2D eigenvalue weighted by Gasteiger charge is 2.31. The molecule has 1 saturated heterocycles. The van der Waals surface area contributed by atoms with Gasteiger partial charge in [-0.3, -0.25) is 4.90 Å². The molecule has 0 bridgehead atoms. The van der Waals surface area contributed by atoms with E-state index in [0.29, 0.717) is 6.54 Å². The first-order chi connectivity index (χ1) is 9.46. The summed E-state index contributed by atoms with van der Waals surface area (Å²) in [4.78, 5) is 2.15. The number of hydrogen-bond donors (Lipinski definition) is 0. The lowest BCUT2D eigenvalue weighted by Gasteiger charge is -2.29. The Morgan fingerprint density at radius 2 is 2.00 bits per heavy atom. The molecule has 1 aliphatic rings. The summed E-state index contributed by atoms with van der Waals surface area (Å²) >= 11 is 0. The predicted molar refractivity (Wildman–Crippen MR) is 66.7 cm³/mol. The van der Waals surface area contributed by atoms with Gasteiger partial charge in [-0.25, -0.2) is 0 Å². The van der Waals surface area contributed by atoms with E-state index in [4.69, 9.17) is 5.26 Å². The van der Waals surface area contributed by atoms with Gasteiger partial charge in [-0.05, 0) is 37.1 Å². The number of ether oxygens (including phenoxy) is 1. The molecule has 0 saturated carbocycles. The number of piperidine rings is 1. The highest BCUT2D eigenvalue weighted by molar-refractivity contribution is 5.27. The van der Waals surface area contributed by atoms with E-state index in [0.717, 1.165) is 31.5 Å². The maximum absolute atomic E-state index is 12.0. The van der Waals surface area contributed by atoms with Gasteiger partial charge in [0, 0.05) is 13.1 Å². The molecule has 0 N–H and O–H groups in total. The van der Waals surface area contributed by atoms with Crippen LogP contribution in [-0.4, -0.2) is 24.4 Å². The fourth-order valence-corrected chi connectivity index (χ4v) is 2.36. The van der Waals surface area contributed by atoms with Gasteiger partial charge in [-0.2, -0.15) is 5.26 Å².